The number of cyclic esters (lactones) is 2. The summed E-state index contributed by atoms with van der Waals surface area (Å²) in [5, 5.41) is 0. The molecule has 2 saturated heterocycles. The van der Waals surface area contributed by atoms with Crippen LogP contribution in [0, 0.1) is 11.8 Å². The molecule has 0 saturated carbocycles. The van der Waals surface area contributed by atoms with Crippen LogP contribution in [-0.4, -0.2) is 51.6 Å². The van der Waals surface area contributed by atoms with Gasteiger partial charge in [-0.05, 0) is 32.1 Å². The van der Waals surface area contributed by atoms with Crippen molar-refractivity contribution in [2.75, 3.05) is 39.6 Å². The predicted molar refractivity (Wildman–Crippen MR) is 92.1 cm³/mol. The fourth-order valence-corrected chi connectivity index (χ4v) is 3.24. The van der Waals surface area contributed by atoms with Crippen LogP contribution in [0.5, 0.6) is 0 Å². The van der Waals surface area contributed by atoms with Gasteiger partial charge < -0.3 is 18.9 Å². The Morgan fingerprint density at radius 1 is 0.680 bits per heavy atom. The zero-order chi connectivity index (χ0) is 17.7. The second-order valence-electron chi connectivity index (χ2n) is 7.08. The summed E-state index contributed by atoms with van der Waals surface area (Å²) < 4.78 is 21.1. The maximum Gasteiger partial charge on any atom is 0.306 e. The van der Waals surface area contributed by atoms with Crippen molar-refractivity contribution >= 4 is 11.9 Å². The Hall–Kier alpha value is -1.14. The summed E-state index contributed by atoms with van der Waals surface area (Å²) in [7, 11) is 0. The Morgan fingerprint density at radius 2 is 1.12 bits per heavy atom. The molecule has 0 radical (unpaired) electrons. The number of ether oxygens (including phenoxy) is 4. The Balaban J connectivity index is 1.25. The van der Waals surface area contributed by atoms with E-state index in [1.165, 1.54) is 0 Å². The minimum Gasteiger partial charge on any atom is -0.465 e. The first-order chi connectivity index (χ1) is 12.2. The second-order valence-corrected chi connectivity index (χ2v) is 7.08. The molecule has 6 nitrogen and oxygen atoms in total. The van der Waals surface area contributed by atoms with Crippen LogP contribution in [0.1, 0.15) is 57.8 Å². The minimum absolute atomic E-state index is 0.0519. The first kappa shape index (κ1) is 20.2. The third kappa shape index (κ3) is 9.21. The molecule has 0 amide bonds. The van der Waals surface area contributed by atoms with E-state index in [-0.39, 0.29) is 11.9 Å². The van der Waals surface area contributed by atoms with Crippen molar-refractivity contribution in [1.29, 1.82) is 0 Å². The molecule has 0 N–H and O–H groups in total. The maximum atomic E-state index is 11.0. The molecule has 2 aliphatic heterocycles. The van der Waals surface area contributed by atoms with E-state index >= 15 is 0 Å². The van der Waals surface area contributed by atoms with Gasteiger partial charge in [0, 0.05) is 38.3 Å². The molecule has 2 unspecified atom stereocenters. The van der Waals surface area contributed by atoms with Crippen LogP contribution in [0.4, 0.5) is 0 Å². The predicted octanol–water partition coefficient (Wildman–Crippen LogP) is 2.88. The van der Waals surface area contributed by atoms with Gasteiger partial charge in [-0.3, -0.25) is 9.59 Å². The standard InChI is InChI=1S/C19H32O6/c20-18-12-16(14-24-18)6-1-3-8-22-10-5-11-23-9-4-2-7-17-13-19(21)25-15-17/h16-17H,1-15H2. The summed E-state index contributed by atoms with van der Waals surface area (Å²) in [6.45, 7) is 4.25. The van der Waals surface area contributed by atoms with E-state index in [0.717, 1.165) is 71.4 Å². The molecular formula is C19H32O6. The van der Waals surface area contributed by atoms with E-state index in [9.17, 15) is 9.59 Å². The number of hydrogen-bond donors (Lipinski definition) is 0. The average molecular weight is 356 g/mol. The molecule has 144 valence electrons. The zero-order valence-electron chi connectivity index (χ0n) is 15.2. The first-order valence-corrected chi connectivity index (χ1v) is 9.71. The van der Waals surface area contributed by atoms with Crippen molar-refractivity contribution in [3.8, 4) is 0 Å². The highest BCUT2D eigenvalue weighted by Gasteiger charge is 2.23. The van der Waals surface area contributed by atoms with Crippen molar-refractivity contribution < 1.29 is 28.5 Å². The van der Waals surface area contributed by atoms with Gasteiger partial charge in [0.15, 0.2) is 0 Å². The van der Waals surface area contributed by atoms with Crippen LogP contribution in [-0.2, 0) is 28.5 Å². The van der Waals surface area contributed by atoms with Crippen LogP contribution in [0.2, 0.25) is 0 Å². The number of hydrogen-bond acceptors (Lipinski definition) is 6. The second kappa shape index (κ2) is 12.3. The Labute approximate surface area is 150 Å². The number of unbranched alkanes of at least 4 members (excludes halogenated alkanes) is 2. The summed E-state index contributed by atoms with van der Waals surface area (Å²) in [5.41, 5.74) is 0. The Bertz CT molecular complexity index is 361. The summed E-state index contributed by atoms with van der Waals surface area (Å²) in [5.74, 6) is 0.734. The minimum atomic E-state index is -0.0519. The van der Waals surface area contributed by atoms with E-state index in [2.05, 4.69) is 0 Å². The third-order valence-corrected chi connectivity index (χ3v) is 4.75. The third-order valence-electron chi connectivity index (χ3n) is 4.75. The van der Waals surface area contributed by atoms with Crippen LogP contribution in [0.25, 0.3) is 0 Å². The van der Waals surface area contributed by atoms with Crippen molar-refractivity contribution in [3.63, 3.8) is 0 Å². The van der Waals surface area contributed by atoms with E-state index in [0.29, 0.717) is 37.9 Å². The van der Waals surface area contributed by atoms with Gasteiger partial charge in [0.1, 0.15) is 0 Å². The van der Waals surface area contributed by atoms with Crippen LogP contribution in [0.15, 0.2) is 0 Å². The highest BCUT2D eigenvalue weighted by atomic mass is 16.5. The lowest BCUT2D eigenvalue weighted by Gasteiger charge is -2.08. The molecule has 6 heteroatoms. The Morgan fingerprint density at radius 3 is 1.52 bits per heavy atom. The van der Waals surface area contributed by atoms with Crippen molar-refractivity contribution in [3.05, 3.63) is 0 Å². The molecule has 2 aliphatic rings. The van der Waals surface area contributed by atoms with E-state index in [4.69, 9.17) is 18.9 Å². The van der Waals surface area contributed by atoms with Crippen molar-refractivity contribution in [2.45, 2.75) is 57.8 Å². The van der Waals surface area contributed by atoms with Crippen LogP contribution < -0.4 is 0 Å². The molecule has 0 aliphatic carbocycles. The molecule has 2 rings (SSSR count). The fourth-order valence-electron chi connectivity index (χ4n) is 3.24. The van der Waals surface area contributed by atoms with Crippen LogP contribution in [0.3, 0.4) is 0 Å². The normalized spacial score (nSPS) is 23.0. The highest BCUT2D eigenvalue weighted by Crippen LogP contribution is 2.20. The molecule has 25 heavy (non-hydrogen) atoms. The molecule has 2 heterocycles. The monoisotopic (exact) mass is 356 g/mol. The van der Waals surface area contributed by atoms with Gasteiger partial charge >= 0.3 is 11.9 Å². The highest BCUT2D eigenvalue weighted by molar-refractivity contribution is 5.71. The summed E-state index contributed by atoms with van der Waals surface area (Å²) in [4.78, 5) is 21.9. The number of esters is 2. The molecule has 2 atom stereocenters. The lowest BCUT2D eigenvalue weighted by molar-refractivity contribution is -0.138. The SMILES string of the molecule is O=C1CC(CCCCOCCCOCCCCC2COC(=O)C2)CO1. The van der Waals surface area contributed by atoms with Gasteiger partial charge in [0.05, 0.1) is 26.1 Å². The molecule has 0 aromatic rings. The van der Waals surface area contributed by atoms with Gasteiger partial charge in [-0.1, -0.05) is 12.8 Å². The molecule has 0 bridgehead atoms. The molecule has 2 fully saturated rings. The largest absolute Gasteiger partial charge is 0.465 e. The maximum absolute atomic E-state index is 11.0. The summed E-state index contributed by atoms with van der Waals surface area (Å²) >= 11 is 0. The molecule has 0 aromatic carbocycles. The fraction of sp³-hybridized carbons (Fsp3) is 0.895. The topological polar surface area (TPSA) is 71.1 Å². The van der Waals surface area contributed by atoms with Crippen LogP contribution >= 0.6 is 0 Å². The quantitative estimate of drug-likeness (QED) is 0.352. The zero-order valence-corrected chi connectivity index (χ0v) is 15.2. The van der Waals surface area contributed by atoms with E-state index < -0.39 is 0 Å². The van der Waals surface area contributed by atoms with Crippen molar-refractivity contribution in [1.82, 2.24) is 0 Å². The van der Waals surface area contributed by atoms with Gasteiger partial charge in [-0.15, -0.1) is 0 Å². The first-order valence-electron chi connectivity index (χ1n) is 9.71. The lowest BCUT2D eigenvalue weighted by atomic mass is 10.0. The van der Waals surface area contributed by atoms with Crippen molar-refractivity contribution in [2.24, 2.45) is 11.8 Å². The molecule has 0 aromatic heterocycles. The lowest BCUT2D eigenvalue weighted by Crippen LogP contribution is -2.05. The van der Waals surface area contributed by atoms with E-state index in [1.54, 1.807) is 0 Å². The van der Waals surface area contributed by atoms with Gasteiger partial charge in [-0.2, -0.15) is 0 Å². The molecular weight excluding hydrogens is 324 g/mol. The van der Waals surface area contributed by atoms with Gasteiger partial charge in [-0.25, -0.2) is 0 Å². The van der Waals surface area contributed by atoms with Gasteiger partial charge in [0.25, 0.3) is 0 Å². The number of rotatable bonds is 14. The number of carbonyl (C=O) groups is 2. The van der Waals surface area contributed by atoms with Gasteiger partial charge in [0.2, 0.25) is 0 Å². The smallest absolute Gasteiger partial charge is 0.306 e. The summed E-state index contributed by atoms with van der Waals surface area (Å²) in [6, 6.07) is 0. The number of carbonyl (C=O) groups excluding carboxylic acids is 2. The van der Waals surface area contributed by atoms with E-state index in [1.807, 2.05) is 0 Å². The Kier molecular flexibility index (Phi) is 9.89. The molecule has 0 spiro atoms. The summed E-state index contributed by atoms with van der Waals surface area (Å²) in [6.07, 6.45) is 8.48. The average Bonchev–Trinajstić information content (AvgIpc) is 3.20.